The number of benzene rings is 2. The fourth-order valence-corrected chi connectivity index (χ4v) is 3.27. The monoisotopic (exact) mass is 391 g/mol. The molecule has 26 heavy (non-hydrogen) atoms. The van der Waals surface area contributed by atoms with Crippen molar-refractivity contribution in [3.05, 3.63) is 69.7 Å². The van der Waals surface area contributed by atoms with Crippen LogP contribution in [-0.4, -0.2) is 36.3 Å². The second-order valence-corrected chi connectivity index (χ2v) is 7.06. The number of hydrogen-bond acceptors (Lipinski definition) is 3. The number of hydrogen-bond donors (Lipinski definition) is 0. The van der Waals surface area contributed by atoms with E-state index in [1.165, 1.54) is 0 Å². The molecule has 6 heteroatoms. The summed E-state index contributed by atoms with van der Waals surface area (Å²) >= 11 is 11.9. The van der Waals surface area contributed by atoms with E-state index in [4.69, 9.17) is 27.9 Å². The first kappa shape index (κ1) is 18.9. The van der Waals surface area contributed by atoms with Crippen molar-refractivity contribution in [3.8, 4) is 0 Å². The van der Waals surface area contributed by atoms with Crippen molar-refractivity contribution in [1.29, 1.82) is 0 Å². The smallest absolute Gasteiger partial charge is 0.223 e. The van der Waals surface area contributed by atoms with E-state index in [0.29, 0.717) is 35.3 Å². The third-order valence-electron chi connectivity index (χ3n) is 4.37. The molecule has 1 aliphatic heterocycles. The molecule has 2 aromatic carbocycles. The lowest BCUT2D eigenvalue weighted by atomic mass is 10.1. The number of carbonyl (C=O) groups is 2. The topological polar surface area (TPSA) is 46.6 Å². The molecule has 4 nitrogen and oxygen atoms in total. The number of halogens is 2. The Labute approximate surface area is 162 Å². The van der Waals surface area contributed by atoms with Gasteiger partial charge in [0, 0.05) is 35.0 Å². The Balaban J connectivity index is 1.55. The molecule has 1 amide bonds. The number of morpholine rings is 1. The molecule has 0 N–H and O–H groups in total. The van der Waals surface area contributed by atoms with E-state index < -0.39 is 0 Å². The van der Waals surface area contributed by atoms with Crippen molar-refractivity contribution < 1.29 is 14.3 Å². The van der Waals surface area contributed by atoms with Gasteiger partial charge >= 0.3 is 0 Å². The van der Waals surface area contributed by atoms with Crippen LogP contribution in [0, 0.1) is 0 Å². The molecule has 0 saturated carbocycles. The summed E-state index contributed by atoms with van der Waals surface area (Å²) in [5.41, 5.74) is 1.52. The number of carbonyl (C=O) groups excluding carboxylic acids is 2. The lowest BCUT2D eigenvalue weighted by Gasteiger charge is -2.33. The first-order valence-corrected chi connectivity index (χ1v) is 9.22. The van der Waals surface area contributed by atoms with Crippen molar-refractivity contribution >= 4 is 34.9 Å². The fourth-order valence-electron chi connectivity index (χ4n) is 2.94. The minimum absolute atomic E-state index is 0.0392. The molecule has 136 valence electrons. The molecule has 0 aliphatic carbocycles. The summed E-state index contributed by atoms with van der Waals surface area (Å²) in [7, 11) is 0. The van der Waals surface area contributed by atoms with E-state index in [1.807, 2.05) is 18.2 Å². The van der Waals surface area contributed by atoms with Gasteiger partial charge in [0.1, 0.15) is 6.10 Å². The van der Waals surface area contributed by atoms with Crippen LogP contribution in [0.15, 0.2) is 48.5 Å². The maximum atomic E-state index is 12.5. The van der Waals surface area contributed by atoms with E-state index in [-0.39, 0.29) is 30.6 Å². The summed E-state index contributed by atoms with van der Waals surface area (Å²) in [5.74, 6) is -0.0997. The Hall–Kier alpha value is -1.88. The predicted octanol–water partition coefficient (Wildman–Crippen LogP) is 4.56. The van der Waals surface area contributed by atoms with Crippen LogP contribution in [0.25, 0.3) is 0 Å². The first-order chi connectivity index (χ1) is 12.5. The molecule has 1 atom stereocenters. The Morgan fingerprint density at radius 1 is 1.04 bits per heavy atom. The maximum Gasteiger partial charge on any atom is 0.223 e. The van der Waals surface area contributed by atoms with Crippen molar-refractivity contribution in [2.24, 2.45) is 0 Å². The molecule has 1 fully saturated rings. The number of nitrogens with zero attached hydrogens (tertiary/aromatic N) is 1. The van der Waals surface area contributed by atoms with E-state index in [1.54, 1.807) is 35.2 Å². The molecule has 1 unspecified atom stereocenters. The first-order valence-electron chi connectivity index (χ1n) is 8.46. The minimum atomic E-state index is -0.196. The lowest BCUT2D eigenvalue weighted by molar-refractivity contribution is -0.139. The van der Waals surface area contributed by atoms with Crippen LogP contribution < -0.4 is 0 Å². The second kappa shape index (κ2) is 8.67. The normalized spacial score (nSPS) is 17.2. The second-order valence-electron chi connectivity index (χ2n) is 6.18. The highest BCUT2D eigenvalue weighted by molar-refractivity contribution is 6.30. The van der Waals surface area contributed by atoms with Crippen LogP contribution in [0.2, 0.25) is 10.0 Å². The van der Waals surface area contributed by atoms with Gasteiger partial charge in [-0.25, -0.2) is 0 Å². The molecule has 3 rings (SSSR count). The number of rotatable bonds is 5. The molecule has 0 radical (unpaired) electrons. The van der Waals surface area contributed by atoms with Crippen LogP contribution in [0.5, 0.6) is 0 Å². The van der Waals surface area contributed by atoms with E-state index in [2.05, 4.69) is 0 Å². The van der Waals surface area contributed by atoms with E-state index >= 15 is 0 Å². The Kier molecular flexibility index (Phi) is 6.30. The molecular formula is C20H19Cl2NO3. The number of ether oxygens (including phenoxy) is 1. The third-order valence-corrected chi connectivity index (χ3v) is 4.86. The molecule has 1 saturated heterocycles. The van der Waals surface area contributed by atoms with Crippen molar-refractivity contribution in [2.75, 3.05) is 19.7 Å². The predicted molar refractivity (Wildman–Crippen MR) is 102 cm³/mol. The quantitative estimate of drug-likeness (QED) is 0.701. The highest BCUT2D eigenvalue weighted by Gasteiger charge is 2.25. The average molecular weight is 392 g/mol. The SMILES string of the molecule is O=C(CCC(=O)N1CCOC(c2cccc(Cl)c2)C1)c1ccc(Cl)cc1. The van der Waals surface area contributed by atoms with Crippen LogP contribution in [0.3, 0.4) is 0 Å². The Morgan fingerprint density at radius 3 is 2.54 bits per heavy atom. The summed E-state index contributed by atoms with van der Waals surface area (Å²) in [6.45, 7) is 1.47. The Morgan fingerprint density at radius 2 is 1.81 bits per heavy atom. The van der Waals surface area contributed by atoms with Crippen molar-refractivity contribution in [3.63, 3.8) is 0 Å². The lowest BCUT2D eigenvalue weighted by Crippen LogP contribution is -2.42. The highest BCUT2D eigenvalue weighted by Crippen LogP contribution is 2.25. The summed E-state index contributed by atoms with van der Waals surface area (Å²) in [6.07, 6.45) is 0.169. The Bertz CT molecular complexity index is 792. The zero-order valence-electron chi connectivity index (χ0n) is 14.2. The minimum Gasteiger partial charge on any atom is -0.370 e. The number of Topliss-reactive ketones (excluding diaryl/α,β-unsaturated/α-hetero) is 1. The summed E-state index contributed by atoms with van der Waals surface area (Å²) in [6, 6.07) is 14.2. The van der Waals surface area contributed by atoms with Crippen molar-refractivity contribution in [2.45, 2.75) is 18.9 Å². The number of amides is 1. The van der Waals surface area contributed by atoms with Gasteiger partial charge in [-0.15, -0.1) is 0 Å². The van der Waals surface area contributed by atoms with Gasteiger partial charge in [0.05, 0.1) is 13.2 Å². The van der Waals surface area contributed by atoms with Crippen LogP contribution in [-0.2, 0) is 9.53 Å². The molecule has 0 spiro atoms. The molecule has 1 heterocycles. The fraction of sp³-hybridized carbons (Fsp3) is 0.300. The number of ketones is 1. The molecule has 0 bridgehead atoms. The average Bonchev–Trinajstić information content (AvgIpc) is 2.66. The van der Waals surface area contributed by atoms with Gasteiger partial charge in [-0.2, -0.15) is 0 Å². The third kappa shape index (κ3) is 4.85. The maximum absolute atomic E-state index is 12.5. The van der Waals surface area contributed by atoms with Gasteiger partial charge in [0.2, 0.25) is 5.91 Å². The van der Waals surface area contributed by atoms with Gasteiger partial charge in [-0.3, -0.25) is 9.59 Å². The largest absolute Gasteiger partial charge is 0.370 e. The molecular weight excluding hydrogens is 373 g/mol. The summed E-state index contributed by atoms with van der Waals surface area (Å²) < 4.78 is 5.77. The van der Waals surface area contributed by atoms with Gasteiger partial charge in [-0.05, 0) is 42.0 Å². The van der Waals surface area contributed by atoms with Gasteiger partial charge in [-0.1, -0.05) is 35.3 Å². The molecule has 2 aromatic rings. The van der Waals surface area contributed by atoms with Crippen molar-refractivity contribution in [1.82, 2.24) is 4.90 Å². The zero-order valence-corrected chi connectivity index (χ0v) is 15.7. The summed E-state index contributed by atoms with van der Waals surface area (Å²) in [5, 5.41) is 1.22. The van der Waals surface area contributed by atoms with Gasteiger partial charge < -0.3 is 9.64 Å². The van der Waals surface area contributed by atoms with Gasteiger partial charge in [0.15, 0.2) is 5.78 Å². The highest BCUT2D eigenvalue weighted by atomic mass is 35.5. The van der Waals surface area contributed by atoms with Crippen LogP contribution in [0.4, 0.5) is 0 Å². The van der Waals surface area contributed by atoms with Crippen LogP contribution >= 0.6 is 23.2 Å². The van der Waals surface area contributed by atoms with E-state index in [0.717, 1.165) is 5.56 Å². The molecule has 0 aromatic heterocycles. The van der Waals surface area contributed by atoms with E-state index in [9.17, 15) is 9.59 Å². The standard InChI is InChI=1S/C20H19Cl2NO3/c21-16-6-4-14(5-7-16)18(24)8-9-20(25)23-10-11-26-19(13-23)15-2-1-3-17(22)12-15/h1-7,12,19H,8-11,13H2. The van der Waals surface area contributed by atoms with Gasteiger partial charge in [0.25, 0.3) is 0 Å². The molecule has 1 aliphatic rings. The van der Waals surface area contributed by atoms with Crippen LogP contribution in [0.1, 0.15) is 34.9 Å². The zero-order chi connectivity index (χ0) is 18.5. The summed E-state index contributed by atoms with van der Waals surface area (Å²) in [4.78, 5) is 26.5.